The Bertz CT molecular complexity index is 683. The van der Waals surface area contributed by atoms with Gasteiger partial charge in [0.2, 0.25) is 11.1 Å². The summed E-state index contributed by atoms with van der Waals surface area (Å²) in [4.78, 5) is 18.3. The molecule has 0 aliphatic rings. The van der Waals surface area contributed by atoms with Gasteiger partial charge in [-0.1, -0.05) is 55.1 Å². The quantitative estimate of drug-likeness (QED) is 0.561. The summed E-state index contributed by atoms with van der Waals surface area (Å²) in [6.45, 7) is 10.5. The van der Waals surface area contributed by atoms with Crippen LogP contribution in [-0.2, 0) is 11.2 Å². The van der Waals surface area contributed by atoms with Crippen molar-refractivity contribution in [2.75, 3.05) is 18.8 Å². The van der Waals surface area contributed by atoms with Gasteiger partial charge in [-0.25, -0.2) is 4.98 Å². The highest BCUT2D eigenvalue weighted by Crippen LogP contribution is 2.20. The fourth-order valence-electron chi connectivity index (χ4n) is 2.15. The average molecular weight is 342 g/mol. The molecule has 0 fully saturated rings. The molecule has 0 spiro atoms. The fourth-order valence-corrected chi connectivity index (χ4v) is 2.85. The highest BCUT2D eigenvalue weighted by molar-refractivity contribution is 7.99. The number of aromatic amines is 1. The van der Waals surface area contributed by atoms with Gasteiger partial charge in [0.25, 0.3) is 0 Å². The first kappa shape index (κ1) is 18.0. The third-order valence-corrected chi connectivity index (χ3v) is 4.31. The molecule has 0 radical (unpaired) electrons. The van der Waals surface area contributed by atoms with Gasteiger partial charge in [-0.15, -0.1) is 18.3 Å². The number of rotatable bonds is 9. The predicted molar refractivity (Wildman–Crippen MR) is 98.9 cm³/mol. The molecule has 0 saturated heterocycles. The lowest BCUT2D eigenvalue weighted by atomic mass is 10.1. The summed E-state index contributed by atoms with van der Waals surface area (Å²) in [5.41, 5.74) is 2.26. The van der Waals surface area contributed by atoms with Crippen molar-refractivity contribution in [2.24, 2.45) is 0 Å². The van der Waals surface area contributed by atoms with E-state index in [9.17, 15) is 4.79 Å². The lowest BCUT2D eigenvalue weighted by molar-refractivity contribution is -0.127. The van der Waals surface area contributed by atoms with E-state index in [1.54, 1.807) is 17.1 Å². The van der Waals surface area contributed by atoms with Crippen molar-refractivity contribution >= 4 is 17.7 Å². The zero-order valence-corrected chi connectivity index (χ0v) is 14.7. The molecular formula is C18H22N4OS. The molecule has 1 N–H and O–H groups in total. The predicted octanol–water partition coefficient (Wildman–Crippen LogP) is 3.33. The Morgan fingerprint density at radius 2 is 1.92 bits per heavy atom. The number of benzene rings is 1. The Balaban J connectivity index is 1.96. The van der Waals surface area contributed by atoms with Crippen molar-refractivity contribution in [3.63, 3.8) is 0 Å². The topological polar surface area (TPSA) is 61.9 Å². The van der Waals surface area contributed by atoms with Gasteiger partial charge in [0.15, 0.2) is 5.82 Å². The summed E-state index contributed by atoms with van der Waals surface area (Å²) < 4.78 is 0. The third kappa shape index (κ3) is 4.83. The number of hydrogen-bond donors (Lipinski definition) is 1. The van der Waals surface area contributed by atoms with Gasteiger partial charge < -0.3 is 4.90 Å². The maximum absolute atomic E-state index is 12.2. The van der Waals surface area contributed by atoms with Crippen molar-refractivity contribution in [3.8, 4) is 11.4 Å². The maximum Gasteiger partial charge on any atom is 0.233 e. The maximum atomic E-state index is 12.2. The number of thioether (sulfide) groups is 1. The van der Waals surface area contributed by atoms with Gasteiger partial charge >= 0.3 is 0 Å². The van der Waals surface area contributed by atoms with Gasteiger partial charge in [0.1, 0.15) is 0 Å². The fraction of sp³-hybridized carbons (Fsp3) is 0.278. The Morgan fingerprint density at radius 3 is 2.50 bits per heavy atom. The second-order valence-electron chi connectivity index (χ2n) is 5.18. The molecule has 0 aliphatic carbocycles. The van der Waals surface area contributed by atoms with E-state index in [0.717, 1.165) is 12.0 Å². The van der Waals surface area contributed by atoms with Crippen LogP contribution < -0.4 is 0 Å². The summed E-state index contributed by atoms with van der Waals surface area (Å²) in [6.07, 6.45) is 4.42. The van der Waals surface area contributed by atoms with Crippen LogP contribution in [0.4, 0.5) is 0 Å². The number of hydrogen-bond acceptors (Lipinski definition) is 4. The summed E-state index contributed by atoms with van der Waals surface area (Å²) in [5, 5.41) is 7.66. The molecule has 1 aromatic heterocycles. The standard InChI is InChI=1S/C18H22N4OS/c1-4-11-22(12-5-2)16(23)13-24-18-19-17(20-21-18)15-9-7-14(6-3)8-10-15/h4-5,7-10H,1-2,6,11-13H2,3H3,(H,19,20,21). The van der Waals surface area contributed by atoms with Gasteiger partial charge in [-0.3, -0.25) is 9.89 Å². The highest BCUT2D eigenvalue weighted by Gasteiger charge is 2.13. The molecular weight excluding hydrogens is 320 g/mol. The zero-order chi connectivity index (χ0) is 17.4. The van der Waals surface area contributed by atoms with Gasteiger partial charge in [-0.2, -0.15) is 0 Å². The zero-order valence-electron chi connectivity index (χ0n) is 13.9. The number of amides is 1. The number of carbonyl (C=O) groups is 1. The smallest absolute Gasteiger partial charge is 0.233 e. The van der Waals surface area contributed by atoms with E-state index in [-0.39, 0.29) is 11.7 Å². The molecule has 5 nitrogen and oxygen atoms in total. The highest BCUT2D eigenvalue weighted by atomic mass is 32.2. The first-order valence-corrected chi connectivity index (χ1v) is 8.80. The minimum atomic E-state index is 0.0125. The summed E-state index contributed by atoms with van der Waals surface area (Å²) in [6, 6.07) is 8.21. The summed E-state index contributed by atoms with van der Waals surface area (Å²) in [7, 11) is 0. The van der Waals surface area contributed by atoms with Crippen molar-refractivity contribution in [3.05, 3.63) is 55.1 Å². The minimum absolute atomic E-state index is 0.0125. The van der Waals surface area contributed by atoms with E-state index in [0.29, 0.717) is 24.1 Å². The van der Waals surface area contributed by atoms with E-state index in [1.807, 2.05) is 12.1 Å². The summed E-state index contributed by atoms with van der Waals surface area (Å²) >= 11 is 1.32. The molecule has 2 aromatic rings. The van der Waals surface area contributed by atoms with Crippen molar-refractivity contribution < 1.29 is 4.79 Å². The number of aromatic nitrogens is 3. The Kier molecular flexibility index (Phi) is 6.81. The minimum Gasteiger partial charge on any atom is -0.335 e. The SMILES string of the molecule is C=CCN(CC=C)C(=O)CSc1n[nH]c(-c2ccc(CC)cc2)n1. The number of nitrogens with one attached hydrogen (secondary N) is 1. The first-order valence-electron chi connectivity index (χ1n) is 7.82. The van der Waals surface area contributed by atoms with E-state index in [2.05, 4.69) is 47.4 Å². The second kappa shape index (κ2) is 9.08. The number of carbonyl (C=O) groups excluding carboxylic acids is 1. The Morgan fingerprint density at radius 1 is 1.25 bits per heavy atom. The van der Waals surface area contributed by atoms with Crippen LogP contribution in [0.3, 0.4) is 0 Å². The number of H-pyrrole nitrogens is 1. The monoisotopic (exact) mass is 342 g/mol. The van der Waals surface area contributed by atoms with E-state index >= 15 is 0 Å². The molecule has 1 amide bonds. The molecule has 0 atom stereocenters. The van der Waals surface area contributed by atoms with Crippen molar-refractivity contribution in [1.29, 1.82) is 0 Å². The normalized spacial score (nSPS) is 10.4. The van der Waals surface area contributed by atoms with Gasteiger partial charge in [-0.05, 0) is 12.0 Å². The van der Waals surface area contributed by atoms with Gasteiger partial charge in [0, 0.05) is 18.7 Å². The molecule has 24 heavy (non-hydrogen) atoms. The lowest BCUT2D eigenvalue weighted by Crippen LogP contribution is -2.32. The molecule has 0 saturated carbocycles. The van der Waals surface area contributed by atoms with Crippen molar-refractivity contribution in [1.82, 2.24) is 20.1 Å². The molecule has 2 rings (SSSR count). The second-order valence-corrected chi connectivity index (χ2v) is 6.12. The van der Waals surface area contributed by atoms with Crippen LogP contribution in [0.15, 0.2) is 54.7 Å². The van der Waals surface area contributed by atoms with E-state index < -0.39 is 0 Å². The van der Waals surface area contributed by atoms with E-state index in [1.165, 1.54) is 17.3 Å². The molecule has 0 bridgehead atoms. The van der Waals surface area contributed by atoms with Crippen LogP contribution in [0.1, 0.15) is 12.5 Å². The summed E-state index contributed by atoms with van der Waals surface area (Å²) in [5.74, 6) is 1.01. The van der Waals surface area contributed by atoms with E-state index in [4.69, 9.17) is 0 Å². The molecule has 1 aromatic carbocycles. The first-order chi connectivity index (χ1) is 11.7. The van der Waals surface area contributed by atoms with Crippen LogP contribution >= 0.6 is 11.8 Å². The van der Waals surface area contributed by atoms with Crippen molar-refractivity contribution in [2.45, 2.75) is 18.5 Å². The molecule has 6 heteroatoms. The lowest BCUT2D eigenvalue weighted by Gasteiger charge is -2.18. The Labute approximate surface area is 146 Å². The third-order valence-electron chi connectivity index (χ3n) is 3.48. The number of nitrogens with zero attached hydrogens (tertiary/aromatic N) is 3. The Hall–Kier alpha value is -2.34. The molecule has 1 heterocycles. The van der Waals surface area contributed by atoms with Crippen LogP contribution in [0, 0.1) is 0 Å². The molecule has 0 unspecified atom stereocenters. The number of aryl methyl sites for hydroxylation is 1. The van der Waals surface area contributed by atoms with Gasteiger partial charge in [0.05, 0.1) is 5.75 Å². The van der Waals surface area contributed by atoms with Crippen LogP contribution in [0.25, 0.3) is 11.4 Å². The van der Waals surface area contributed by atoms with Crippen LogP contribution in [-0.4, -0.2) is 44.8 Å². The molecule has 126 valence electrons. The molecule has 0 aliphatic heterocycles. The van der Waals surface area contributed by atoms with Crippen LogP contribution in [0.2, 0.25) is 0 Å². The average Bonchev–Trinajstić information content (AvgIpc) is 3.08. The van der Waals surface area contributed by atoms with Crippen LogP contribution in [0.5, 0.6) is 0 Å². The largest absolute Gasteiger partial charge is 0.335 e.